The molecule has 1 atom stereocenters. The molecule has 1 fully saturated rings. The highest BCUT2D eigenvalue weighted by Gasteiger charge is 2.29. The average molecular weight is 534 g/mol. The molecule has 0 radical (unpaired) electrons. The molecule has 1 saturated heterocycles. The Bertz CT molecular complexity index is 1340. The van der Waals surface area contributed by atoms with Crippen molar-refractivity contribution < 1.29 is 22.2 Å². The van der Waals surface area contributed by atoms with E-state index in [4.69, 9.17) is 27.4 Å². The third kappa shape index (κ3) is 6.32. The first-order valence-electron chi connectivity index (χ1n) is 10.7. The average Bonchev–Trinajstić information content (AvgIpc) is 3.37. The van der Waals surface area contributed by atoms with E-state index < -0.39 is 28.2 Å². The van der Waals surface area contributed by atoms with Gasteiger partial charge >= 0.3 is 22.1 Å². The number of amides is 2. The van der Waals surface area contributed by atoms with Gasteiger partial charge in [0.05, 0.1) is 10.7 Å². The van der Waals surface area contributed by atoms with E-state index in [1.807, 2.05) is 0 Å². The molecular formula is C24H21Cl2N3O5S. The number of anilines is 2. The predicted molar refractivity (Wildman–Crippen MR) is 135 cm³/mol. The Morgan fingerprint density at radius 3 is 2.17 bits per heavy atom. The highest BCUT2D eigenvalue weighted by molar-refractivity contribution is 7.87. The monoisotopic (exact) mass is 533 g/mol. The van der Waals surface area contributed by atoms with Crippen molar-refractivity contribution in [3.05, 3.63) is 76.8 Å². The molecule has 3 aromatic carbocycles. The lowest BCUT2D eigenvalue weighted by Crippen LogP contribution is -2.33. The Hall–Kier alpha value is -3.11. The fourth-order valence-corrected chi connectivity index (χ4v) is 4.89. The molecule has 35 heavy (non-hydrogen) atoms. The lowest BCUT2D eigenvalue weighted by molar-refractivity contribution is -0.135. The number of rotatable bonds is 6. The van der Waals surface area contributed by atoms with Crippen molar-refractivity contribution in [1.82, 2.24) is 5.32 Å². The normalized spacial score (nSPS) is 15.4. The van der Waals surface area contributed by atoms with Gasteiger partial charge in [-0.2, -0.15) is 8.42 Å². The van der Waals surface area contributed by atoms with Crippen LogP contribution < -0.4 is 16.0 Å². The summed E-state index contributed by atoms with van der Waals surface area (Å²) in [5, 5.41) is 9.05. The van der Waals surface area contributed by atoms with E-state index in [2.05, 4.69) is 16.0 Å². The summed E-state index contributed by atoms with van der Waals surface area (Å²) in [7, 11) is -4.21. The zero-order chi connectivity index (χ0) is 25.0. The number of urea groups is 1. The summed E-state index contributed by atoms with van der Waals surface area (Å²) >= 11 is 11.9. The number of carbonyl (C=O) groups excluding carboxylic acids is 2. The Labute approximate surface area is 212 Å². The first-order valence-corrected chi connectivity index (χ1v) is 12.8. The molecule has 0 aliphatic carbocycles. The SMILES string of the molecule is O=C(Nc1ccc(-c2ccc(S(=O)(=O)OC(=O)[C@@H]3CCCN3)cc2)cc1)Nc1ccc(Cl)cc1Cl. The van der Waals surface area contributed by atoms with E-state index in [1.54, 1.807) is 48.5 Å². The summed E-state index contributed by atoms with van der Waals surface area (Å²) in [5.41, 5.74) is 2.51. The Morgan fingerprint density at radius 2 is 1.57 bits per heavy atom. The molecule has 182 valence electrons. The van der Waals surface area contributed by atoms with Gasteiger partial charge in [0.1, 0.15) is 10.9 Å². The van der Waals surface area contributed by atoms with E-state index in [-0.39, 0.29) is 4.90 Å². The van der Waals surface area contributed by atoms with Crippen LogP contribution in [0, 0.1) is 0 Å². The summed E-state index contributed by atoms with van der Waals surface area (Å²) in [6.07, 6.45) is 1.35. The minimum Gasteiger partial charge on any atom is -0.341 e. The van der Waals surface area contributed by atoms with Crippen molar-refractivity contribution in [1.29, 1.82) is 0 Å². The lowest BCUT2D eigenvalue weighted by Gasteiger charge is -2.11. The summed E-state index contributed by atoms with van der Waals surface area (Å²) in [4.78, 5) is 24.2. The molecule has 11 heteroatoms. The Balaban J connectivity index is 1.38. The van der Waals surface area contributed by atoms with Crippen molar-refractivity contribution in [3.63, 3.8) is 0 Å². The van der Waals surface area contributed by atoms with Gasteiger partial charge in [-0.15, -0.1) is 0 Å². The Kier molecular flexibility index (Phi) is 7.61. The van der Waals surface area contributed by atoms with Gasteiger partial charge in [0.15, 0.2) is 0 Å². The van der Waals surface area contributed by atoms with Gasteiger partial charge in [-0.1, -0.05) is 47.5 Å². The van der Waals surface area contributed by atoms with Crippen molar-refractivity contribution in [2.75, 3.05) is 17.2 Å². The number of hydrogen-bond acceptors (Lipinski definition) is 6. The minimum absolute atomic E-state index is 0.108. The maximum atomic E-state index is 12.4. The third-order valence-electron chi connectivity index (χ3n) is 5.34. The minimum atomic E-state index is -4.21. The predicted octanol–water partition coefficient (Wildman–Crippen LogP) is 5.29. The van der Waals surface area contributed by atoms with Crippen LogP contribution in [-0.4, -0.2) is 33.0 Å². The van der Waals surface area contributed by atoms with Crippen molar-refractivity contribution in [2.24, 2.45) is 0 Å². The third-order valence-corrected chi connectivity index (χ3v) is 7.12. The molecule has 4 rings (SSSR count). The molecule has 0 aromatic heterocycles. The van der Waals surface area contributed by atoms with Gasteiger partial charge in [-0.25, -0.2) is 9.59 Å². The van der Waals surface area contributed by atoms with Gasteiger partial charge in [-0.3, -0.25) is 0 Å². The Morgan fingerprint density at radius 1 is 0.914 bits per heavy atom. The lowest BCUT2D eigenvalue weighted by atomic mass is 10.1. The summed E-state index contributed by atoms with van der Waals surface area (Å²) < 4.78 is 29.6. The van der Waals surface area contributed by atoms with E-state index >= 15 is 0 Å². The quantitative estimate of drug-likeness (QED) is 0.371. The molecule has 0 unspecified atom stereocenters. The van der Waals surface area contributed by atoms with Gasteiger partial charge in [0, 0.05) is 10.7 Å². The van der Waals surface area contributed by atoms with Crippen LogP contribution in [0.5, 0.6) is 0 Å². The van der Waals surface area contributed by atoms with Crippen LogP contribution in [0.2, 0.25) is 10.0 Å². The largest absolute Gasteiger partial charge is 0.341 e. The highest BCUT2D eigenvalue weighted by Crippen LogP contribution is 2.27. The van der Waals surface area contributed by atoms with Gasteiger partial charge in [0.2, 0.25) is 0 Å². The molecule has 0 saturated carbocycles. The molecule has 3 aromatic rings. The number of benzene rings is 3. The summed E-state index contributed by atoms with van der Waals surface area (Å²) in [5.74, 6) is -0.794. The van der Waals surface area contributed by atoms with Crippen LogP contribution in [0.4, 0.5) is 16.2 Å². The van der Waals surface area contributed by atoms with E-state index in [1.165, 1.54) is 18.2 Å². The fourth-order valence-electron chi connectivity index (χ4n) is 3.54. The van der Waals surface area contributed by atoms with Crippen LogP contribution >= 0.6 is 23.2 Å². The van der Waals surface area contributed by atoms with E-state index in [0.717, 1.165) is 17.5 Å². The molecule has 8 nitrogen and oxygen atoms in total. The molecule has 0 bridgehead atoms. The van der Waals surface area contributed by atoms with Gasteiger partial charge in [0.25, 0.3) is 0 Å². The standard InChI is InChI=1S/C24H21Cl2N3O5S/c25-17-7-12-21(20(26)14-17)29-24(31)28-18-8-3-15(4-9-18)16-5-10-19(11-6-16)35(32,33)34-23(30)22-2-1-13-27-22/h3-12,14,22,27H,1-2,13H2,(H2,28,29,31)/t22-/m0/s1. The molecule has 1 aliphatic heterocycles. The number of carbonyl (C=O) groups is 2. The first-order chi connectivity index (χ1) is 16.7. The van der Waals surface area contributed by atoms with E-state index in [9.17, 15) is 18.0 Å². The second-order valence-electron chi connectivity index (χ2n) is 7.81. The maximum absolute atomic E-state index is 12.4. The van der Waals surface area contributed by atoms with Gasteiger partial charge in [-0.05, 0) is 73.0 Å². The van der Waals surface area contributed by atoms with E-state index in [0.29, 0.717) is 34.4 Å². The smallest absolute Gasteiger partial charge is 0.341 e. The number of halogens is 2. The zero-order valence-electron chi connectivity index (χ0n) is 18.3. The van der Waals surface area contributed by atoms with Crippen LogP contribution in [0.1, 0.15) is 12.8 Å². The molecule has 3 N–H and O–H groups in total. The number of nitrogens with one attached hydrogen (secondary N) is 3. The van der Waals surface area contributed by atoms with Crippen molar-refractivity contribution in [2.45, 2.75) is 23.8 Å². The van der Waals surface area contributed by atoms with Crippen LogP contribution in [0.25, 0.3) is 11.1 Å². The van der Waals surface area contributed by atoms with Crippen molar-refractivity contribution in [3.8, 4) is 11.1 Å². The molecule has 0 spiro atoms. The van der Waals surface area contributed by atoms with Crippen molar-refractivity contribution >= 4 is 56.7 Å². The number of hydrogen-bond donors (Lipinski definition) is 3. The molecule has 2 amide bonds. The fraction of sp³-hybridized carbons (Fsp3) is 0.167. The summed E-state index contributed by atoms with van der Waals surface area (Å²) in [6.45, 7) is 0.657. The molecular weight excluding hydrogens is 513 g/mol. The van der Waals surface area contributed by atoms with Crippen LogP contribution in [0.3, 0.4) is 0 Å². The second kappa shape index (κ2) is 10.7. The van der Waals surface area contributed by atoms with Gasteiger partial charge < -0.3 is 20.1 Å². The first kappa shape index (κ1) is 25.0. The molecule has 1 aliphatic rings. The molecule has 1 heterocycles. The van der Waals surface area contributed by atoms with Crippen LogP contribution in [-0.2, 0) is 19.1 Å². The summed E-state index contributed by atoms with van der Waals surface area (Å²) in [6, 6.07) is 16.7. The maximum Gasteiger partial charge on any atom is 0.341 e. The highest BCUT2D eigenvalue weighted by atomic mass is 35.5. The topological polar surface area (TPSA) is 114 Å². The zero-order valence-corrected chi connectivity index (χ0v) is 20.6. The second-order valence-corrected chi connectivity index (χ2v) is 10.2. The van der Waals surface area contributed by atoms with Crippen LogP contribution in [0.15, 0.2) is 71.6 Å².